The number of H-pyrrole nitrogens is 1. The van der Waals surface area contributed by atoms with Crippen molar-refractivity contribution in [2.75, 3.05) is 37.1 Å². The zero-order valence-electron chi connectivity index (χ0n) is 33.1. The summed E-state index contributed by atoms with van der Waals surface area (Å²) in [7, 11) is -3.31. The summed E-state index contributed by atoms with van der Waals surface area (Å²) in [5, 5.41) is 35.6. The molecular weight excluding hydrogens is 895 g/mol. The molecule has 24 nitrogen and oxygen atoms in total. The van der Waals surface area contributed by atoms with Gasteiger partial charge in [-0.2, -0.15) is 10.2 Å². The number of imidazole rings is 2. The van der Waals surface area contributed by atoms with E-state index in [-0.39, 0.29) is 53.5 Å². The summed E-state index contributed by atoms with van der Waals surface area (Å²) < 4.78 is 66.5. The fourth-order valence-electron chi connectivity index (χ4n) is 6.71. The summed E-state index contributed by atoms with van der Waals surface area (Å²) in [4.78, 5) is 71.4. The van der Waals surface area contributed by atoms with Gasteiger partial charge in [0.05, 0.1) is 51.6 Å². The van der Waals surface area contributed by atoms with Gasteiger partial charge in [0, 0.05) is 22.5 Å². The molecule has 7 rings (SSSR count). The third-order valence-electron chi connectivity index (χ3n) is 9.90. The number of hydrogen-bond acceptors (Lipinski definition) is 19. The molecule has 2 aliphatic rings. The van der Waals surface area contributed by atoms with Gasteiger partial charge in [0.15, 0.2) is 46.6 Å². The maximum atomic E-state index is 16.7. The van der Waals surface area contributed by atoms with Crippen molar-refractivity contribution in [1.82, 2.24) is 39.0 Å². The van der Waals surface area contributed by atoms with Crippen LogP contribution in [-0.4, -0.2) is 122 Å². The highest BCUT2D eigenvalue weighted by Gasteiger charge is 2.56. The lowest BCUT2D eigenvalue weighted by Crippen LogP contribution is -2.48. The van der Waals surface area contributed by atoms with Gasteiger partial charge in [-0.1, -0.05) is 32.0 Å². The molecule has 6 N–H and O–H groups in total. The minimum Gasteiger partial charge on any atom is -0.394 e. The summed E-state index contributed by atoms with van der Waals surface area (Å²) in [6.45, 7) is -3.90. The predicted molar refractivity (Wildman–Crippen MR) is 218 cm³/mol. The third kappa shape index (κ3) is 9.70. The van der Waals surface area contributed by atoms with Crippen molar-refractivity contribution >= 4 is 72.7 Å². The number of rotatable bonds is 18. The normalized spacial score (nSPS) is 24.7. The number of halogens is 1. The number of hydrogen-bond donors (Lipinski definition) is 6. The standard InChI is InChI=1S/C35H38FN11O13P2S/c1-18(2)30(50)44-34-43-29-25(32(52)45-34)41-17-47(29)33-23(36)26(20(12-48)57-33)60-62(63,55-10-6-9-37)56-14-35(13-49)21(59-61(53)54)11-22(58-35)46-16-40-24-27(38-15-39-28(24)46)42-31(51)19-7-4-3-5-8-19/h3-5,7-8,15-18,20-23,26,33,48-49H,6,10-14H2,1-2H3,(H3-,38,39,42,43,44,45,50,51,52,53,54)/p+1/t20-,21+,22-,23-,26-,33-,35-,62?/m1/s1. The third-order valence-corrected chi connectivity index (χ3v) is 12.7. The van der Waals surface area contributed by atoms with E-state index in [4.69, 9.17) is 39.4 Å². The van der Waals surface area contributed by atoms with E-state index in [1.54, 1.807) is 44.2 Å². The van der Waals surface area contributed by atoms with Crippen molar-refractivity contribution in [3.63, 3.8) is 0 Å². The number of amides is 2. The number of aliphatic hydroxyl groups excluding tert-OH is 2. The summed E-state index contributed by atoms with van der Waals surface area (Å²) in [5.41, 5.74) is -2.46. The molecular formula is C35H39FN11O13P2S+. The van der Waals surface area contributed by atoms with Gasteiger partial charge < -0.3 is 34.1 Å². The Morgan fingerprint density at radius 3 is 2.57 bits per heavy atom. The molecule has 4 aromatic heterocycles. The minimum atomic E-state index is -4.27. The number of aliphatic hydroxyl groups is 2. The van der Waals surface area contributed by atoms with E-state index in [0.29, 0.717) is 5.56 Å². The van der Waals surface area contributed by atoms with Gasteiger partial charge in [0.25, 0.3) is 11.5 Å². The van der Waals surface area contributed by atoms with Crippen LogP contribution in [0.5, 0.6) is 0 Å². The number of nitriles is 1. The molecule has 2 aliphatic heterocycles. The molecule has 63 heavy (non-hydrogen) atoms. The average molecular weight is 935 g/mol. The van der Waals surface area contributed by atoms with E-state index in [0.717, 1.165) is 10.9 Å². The van der Waals surface area contributed by atoms with Gasteiger partial charge >= 0.3 is 15.0 Å². The van der Waals surface area contributed by atoms with Gasteiger partial charge in [-0.05, 0) is 23.9 Å². The van der Waals surface area contributed by atoms with Crippen LogP contribution in [0.3, 0.4) is 0 Å². The smallest absolute Gasteiger partial charge is 0.394 e. The van der Waals surface area contributed by atoms with Gasteiger partial charge in [-0.25, -0.2) is 24.3 Å². The largest absolute Gasteiger partial charge is 0.695 e. The van der Waals surface area contributed by atoms with E-state index in [1.807, 2.05) is 6.07 Å². The van der Waals surface area contributed by atoms with Crippen LogP contribution in [0.4, 0.5) is 16.2 Å². The van der Waals surface area contributed by atoms with E-state index in [9.17, 15) is 39.3 Å². The number of aromatic amines is 1. The van der Waals surface area contributed by atoms with Crippen molar-refractivity contribution in [3.05, 3.63) is 65.2 Å². The van der Waals surface area contributed by atoms with Crippen LogP contribution in [-0.2, 0) is 48.7 Å². The Balaban J connectivity index is 1.14. The second-order valence-electron chi connectivity index (χ2n) is 14.3. The number of nitrogens with one attached hydrogen (secondary N) is 3. The summed E-state index contributed by atoms with van der Waals surface area (Å²) in [6, 6.07) is 10.2. The number of carbonyl (C=O) groups excluding carboxylic acids is 2. The molecule has 0 aliphatic carbocycles. The van der Waals surface area contributed by atoms with Gasteiger partial charge in [-0.3, -0.25) is 38.3 Å². The SMILES string of the molecule is CC(C)C(=O)Nc1nc2c(ncn2[C@@H]2O[C@H](CO)[C@@H](OP(=S)(OCCC#N)OC[C@@]3(CO)O[C@@H](n4cnc5c(NC(=O)c6ccccc6)ncnc54)C[C@@H]3O[P+](=O)O)[C@H]2F)c(=O)[nH]1. The van der Waals surface area contributed by atoms with Gasteiger partial charge in [0.1, 0.15) is 30.4 Å². The molecule has 2 amide bonds. The lowest BCUT2D eigenvalue weighted by Gasteiger charge is -2.33. The first-order valence-corrected chi connectivity index (χ1v) is 22.7. The number of alkyl halides is 1. The van der Waals surface area contributed by atoms with Crippen LogP contribution in [0.25, 0.3) is 22.3 Å². The van der Waals surface area contributed by atoms with Crippen LogP contribution < -0.4 is 16.2 Å². The number of fused-ring (bicyclic) bond motifs is 2. The number of aromatic nitrogens is 8. The number of anilines is 2. The molecule has 0 radical (unpaired) electrons. The highest BCUT2D eigenvalue weighted by Crippen LogP contribution is 2.56. The fraction of sp³-hybridized carbons (Fsp3) is 0.457. The summed E-state index contributed by atoms with van der Waals surface area (Å²) >= 11 is 5.69. The molecule has 9 atom stereocenters. The molecule has 1 aromatic carbocycles. The van der Waals surface area contributed by atoms with Gasteiger partial charge in [-0.15, -0.1) is 9.42 Å². The maximum Gasteiger partial charge on any atom is 0.695 e. The molecule has 0 bridgehead atoms. The Labute approximate surface area is 360 Å². The van der Waals surface area contributed by atoms with Crippen molar-refractivity contribution in [2.24, 2.45) is 5.92 Å². The number of benzene rings is 1. The molecule has 2 saturated heterocycles. The van der Waals surface area contributed by atoms with Gasteiger partial charge in [0.2, 0.25) is 11.9 Å². The number of carbonyl (C=O) groups is 2. The number of ether oxygens (including phenoxy) is 2. The molecule has 2 unspecified atom stereocenters. The first-order chi connectivity index (χ1) is 30.2. The van der Waals surface area contributed by atoms with Crippen molar-refractivity contribution < 1.29 is 61.2 Å². The Morgan fingerprint density at radius 1 is 1.13 bits per heavy atom. The molecule has 5 aromatic rings. The monoisotopic (exact) mass is 934 g/mol. The second-order valence-corrected chi connectivity index (χ2v) is 18.0. The fourth-order valence-corrected chi connectivity index (χ4v) is 9.32. The Kier molecular flexibility index (Phi) is 14.1. The maximum absolute atomic E-state index is 16.7. The molecule has 28 heteroatoms. The average Bonchev–Trinajstić information content (AvgIpc) is 4.04. The molecule has 334 valence electrons. The molecule has 0 saturated carbocycles. The van der Waals surface area contributed by atoms with Crippen LogP contribution in [0.15, 0.2) is 54.1 Å². The first kappa shape index (κ1) is 45.9. The van der Waals surface area contributed by atoms with Crippen LogP contribution in [0.2, 0.25) is 0 Å². The second kappa shape index (κ2) is 19.3. The van der Waals surface area contributed by atoms with Crippen molar-refractivity contribution in [1.29, 1.82) is 5.26 Å². The van der Waals surface area contributed by atoms with Crippen LogP contribution in [0, 0.1) is 17.2 Å². The minimum absolute atomic E-state index is 0.0671. The highest BCUT2D eigenvalue weighted by molar-refractivity contribution is 8.07. The van der Waals surface area contributed by atoms with E-state index < -0.39 is 101 Å². The Bertz CT molecular complexity index is 2650. The lowest BCUT2D eigenvalue weighted by atomic mass is 9.99. The van der Waals surface area contributed by atoms with E-state index in [2.05, 4.69) is 40.5 Å². The van der Waals surface area contributed by atoms with E-state index >= 15 is 4.39 Å². The van der Waals surface area contributed by atoms with Crippen molar-refractivity contribution in [2.45, 2.75) is 69.2 Å². The first-order valence-electron chi connectivity index (χ1n) is 19.0. The number of nitrogens with zero attached hydrogens (tertiary/aromatic N) is 8. The quantitative estimate of drug-likeness (QED) is 0.0542. The Morgan fingerprint density at radius 2 is 1.87 bits per heavy atom. The zero-order chi connectivity index (χ0) is 45.1. The molecule has 0 spiro atoms. The topological polar surface area (TPSA) is 322 Å². The summed E-state index contributed by atoms with van der Waals surface area (Å²) in [5.74, 6) is -1.57. The van der Waals surface area contributed by atoms with Crippen LogP contribution in [0.1, 0.15) is 49.5 Å². The lowest BCUT2D eigenvalue weighted by molar-refractivity contribution is -0.143. The van der Waals surface area contributed by atoms with E-state index in [1.165, 1.54) is 17.2 Å². The highest BCUT2D eigenvalue weighted by atomic mass is 32.5. The summed E-state index contributed by atoms with van der Waals surface area (Å²) in [6.07, 6.45) is -6.36. The predicted octanol–water partition coefficient (Wildman–Crippen LogP) is 2.28. The molecule has 2 fully saturated rings. The van der Waals surface area contributed by atoms with Crippen LogP contribution >= 0.6 is 15.0 Å². The van der Waals surface area contributed by atoms with Crippen molar-refractivity contribution in [3.8, 4) is 6.07 Å². The zero-order valence-corrected chi connectivity index (χ0v) is 35.7. The molecule has 6 heterocycles. The Hall–Kier alpha value is -5.13.